The van der Waals surface area contributed by atoms with Gasteiger partial charge in [0.2, 0.25) is 0 Å². The van der Waals surface area contributed by atoms with E-state index in [2.05, 4.69) is 26.3 Å². The number of ether oxygens (including phenoxy) is 1. The smallest absolute Gasteiger partial charge is 0.258 e. The molecule has 1 amide bonds. The number of halogens is 1. The average Bonchev–Trinajstić information content (AvgIpc) is 2.85. The molecule has 0 bridgehead atoms. The molecule has 0 aliphatic rings. The Hall–Kier alpha value is -2.34. The van der Waals surface area contributed by atoms with Crippen LogP contribution in [0.15, 0.2) is 40.9 Å². The number of aryl methyl sites for hydroxylation is 2. The minimum atomic E-state index is -0.156. The summed E-state index contributed by atoms with van der Waals surface area (Å²) in [5.41, 5.74) is 3.04. The number of nitrogens with zero attached hydrogens (tertiary/aromatic N) is 2. The molecule has 0 saturated carbocycles. The van der Waals surface area contributed by atoms with Crippen LogP contribution < -0.4 is 10.1 Å². The van der Waals surface area contributed by atoms with E-state index in [1.54, 1.807) is 0 Å². The SMILES string of the molecule is Cc1nn(C)c(C)c1C(C)NC(=O)COc1ccc2cc(Br)ccc2c1. The summed E-state index contributed by atoms with van der Waals surface area (Å²) in [6.07, 6.45) is 0. The molecule has 2 aromatic carbocycles. The highest BCUT2D eigenvalue weighted by Crippen LogP contribution is 2.24. The molecule has 0 fully saturated rings. The van der Waals surface area contributed by atoms with E-state index in [1.165, 1.54) is 0 Å². The van der Waals surface area contributed by atoms with Crippen LogP contribution in [0, 0.1) is 13.8 Å². The molecule has 1 aromatic heterocycles. The molecule has 1 unspecified atom stereocenters. The van der Waals surface area contributed by atoms with E-state index in [0.717, 1.165) is 32.2 Å². The van der Waals surface area contributed by atoms with Gasteiger partial charge in [-0.25, -0.2) is 0 Å². The number of hydrogen-bond acceptors (Lipinski definition) is 3. The third kappa shape index (κ3) is 3.90. The van der Waals surface area contributed by atoms with Gasteiger partial charge in [-0.2, -0.15) is 5.10 Å². The lowest BCUT2D eigenvalue weighted by molar-refractivity contribution is -0.123. The molecule has 1 heterocycles. The normalized spacial score (nSPS) is 12.2. The average molecular weight is 416 g/mol. The summed E-state index contributed by atoms with van der Waals surface area (Å²) in [6.45, 7) is 5.89. The van der Waals surface area contributed by atoms with Gasteiger partial charge in [-0.05, 0) is 55.8 Å². The molecule has 26 heavy (non-hydrogen) atoms. The highest BCUT2D eigenvalue weighted by Gasteiger charge is 2.18. The lowest BCUT2D eigenvalue weighted by Crippen LogP contribution is -2.31. The number of aromatic nitrogens is 2. The van der Waals surface area contributed by atoms with Crippen molar-refractivity contribution in [1.29, 1.82) is 0 Å². The largest absolute Gasteiger partial charge is 0.484 e. The van der Waals surface area contributed by atoms with Crippen LogP contribution in [0.2, 0.25) is 0 Å². The molecule has 3 rings (SSSR count). The van der Waals surface area contributed by atoms with Gasteiger partial charge in [0.1, 0.15) is 5.75 Å². The van der Waals surface area contributed by atoms with Crippen molar-refractivity contribution in [2.75, 3.05) is 6.61 Å². The zero-order valence-electron chi connectivity index (χ0n) is 15.3. The molecule has 3 aromatic rings. The summed E-state index contributed by atoms with van der Waals surface area (Å²) in [7, 11) is 1.90. The van der Waals surface area contributed by atoms with Crippen molar-refractivity contribution in [2.24, 2.45) is 7.05 Å². The molecular weight excluding hydrogens is 394 g/mol. The number of carbonyl (C=O) groups excluding carboxylic acids is 1. The van der Waals surface area contributed by atoms with Gasteiger partial charge in [0.15, 0.2) is 6.61 Å². The summed E-state index contributed by atoms with van der Waals surface area (Å²) < 4.78 is 8.53. The molecule has 5 nitrogen and oxygen atoms in total. The number of amides is 1. The summed E-state index contributed by atoms with van der Waals surface area (Å²) in [4.78, 5) is 12.3. The first-order chi connectivity index (χ1) is 12.3. The van der Waals surface area contributed by atoms with Crippen molar-refractivity contribution in [1.82, 2.24) is 15.1 Å². The van der Waals surface area contributed by atoms with Crippen molar-refractivity contribution in [3.63, 3.8) is 0 Å². The Morgan fingerprint density at radius 3 is 2.62 bits per heavy atom. The van der Waals surface area contributed by atoms with Gasteiger partial charge in [-0.3, -0.25) is 9.48 Å². The van der Waals surface area contributed by atoms with Gasteiger partial charge in [0, 0.05) is 22.8 Å². The zero-order valence-corrected chi connectivity index (χ0v) is 16.9. The molecule has 0 aliphatic carbocycles. The Morgan fingerprint density at radius 2 is 1.92 bits per heavy atom. The second kappa shape index (κ2) is 7.50. The van der Waals surface area contributed by atoms with Crippen LogP contribution in [0.1, 0.15) is 29.9 Å². The van der Waals surface area contributed by atoms with Gasteiger partial charge in [-0.1, -0.05) is 28.1 Å². The topological polar surface area (TPSA) is 56.2 Å². The van der Waals surface area contributed by atoms with Crippen LogP contribution in [-0.2, 0) is 11.8 Å². The van der Waals surface area contributed by atoms with Crippen LogP contribution in [0.5, 0.6) is 5.75 Å². The Kier molecular flexibility index (Phi) is 5.32. The van der Waals surface area contributed by atoms with Crippen molar-refractivity contribution < 1.29 is 9.53 Å². The van der Waals surface area contributed by atoms with Crippen molar-refractivity contribution in [3.8, 4) is 5.75 Å². The van der Waals surface area contributed by atoms with Crippen LogP contribution in [0.4, 0.5) is 0 Å². The molecule has 0 saturated heterocycles. The molecule has 0 spiro atoms. The fraction of sp³-hybridized carbons (Fsp3) is 0.300. The van der Waals surface area contributed by atoms with E-state index in [-0.39, 0.29) is 18.6 Å². The standard InChI is InChI=1S/C20H22BrN3O2/c1-12(20-13(2)23-24(4)14(20)3)22-19(25)11-26-18-8-6-15-9-17(21)7-5-16(15)10-18/h5-10,12H,11H2,1-4H3,(H,22,25). The van der Waals surface area contributed by atoms with Gasteiger partial charge in [0.25, 0.3) is 5.91 Å². The predicted octanol–water partition coefficient (Wildman–Crippen LogP) is 4.21. The van der Waals surface area contributed by atoms with E-state index in [4.69, 9.17) is 4.74 Å². The highest BCUT2D eigenvalue weighted by atomic mass is 79.9. The first-order valence-electron chi connectivity index (χ1n) is 8.46. The first kappa shape index (κ1) is 18.5. The van der Waals surface area contributed by atoms with Crippen LogP contribution in [0.3, 0.4) is 0 Å². The Bertz CT molecular complexity index is 965. The number of hydrogen-bond donors (Lipinski definition) is 1. The summed E-state index contributed by atoms with van der Waals surface area (Å²) in [5, 5.41) is 9.57. The second-order valence-electron chi connectivity index (χ2n) is 6.44. The lowest BCUT2D eigenvalue weighted by Gasteiger charge is -2.15. The predicted molar refractivity (Wildman–Crippen MR) is 106 cm³/mol. The van der Waals surface area contributed by atoms with Gasteiger partial charge in [-0.15, -0.1) is 0 Å². The zero-order chi connectivity index (χ0) is 18.8. The Balaban J connectivity index is 1.62. The van der Waals surface area contributed by atoms with E-state index in [9.17, 15) is 4.79 Å². The molecule has 0 radical (unpaired) electrons. The van der Waals surface area contributed by atoms with Gasteiger partial charge >= 0.3 is 0 Å². The Labute approximate surface area is 161 Å². The third-order valence-electron chi connectivity index (χ3n) is 4.52. The summed E-state index contributed by atoms with van der Waals surface area (Å²) in [5.74, 6) is 0.521. The Morgan fingerprint density at radius 1 is 1.23 bits per heavy atom. The summed E-state index contributed by atoms with van der Waals surface area (Å²) >= 11 is 3.46. The second-order valence-corrected chi connectivity index (χ2v) is 7.35. The minimum absolute atomic E-state index is 0.0231. The number of nitrogens with one attached hydrogen (secondary N) is 1. The number of rotatable bonds is 5. The van der Waals surface area contributed by atoms with Crippen molar-refractivity contribution in [2.45, 2.75) is 26.8 Å². The van der Waals surface area contributed by atoms with E-state index >= 15 is 0 Å². The fourth-order valence-electron chi connectivity index (χ4n) is 3.21. The fourth-order valence-corrected chi connectivity index (χ4v) is 3.58. The maximum absolute atomic E-state index is 12.3. The van der Waals surface area contributed by atoms with E-state index < -0.39 is 0 Å². The number of fused-ring (bicyclic) bond motifs is 1. The van der Waals surface area contributed by atoms with Crippen molar-refractivity contribution >= 4 is 32.6 Å². The van der Waals surface area contributed by atoms with Crippen LogP contribution >= 0.6 is 15.9 Å². The van der Waals surface area contributed by atoms with E-state index in [1.807, 2.05) is 68.9 Å². The first-order valence-corrected chi connectivity index (χ1v) is 9.26. The highest BCUT2D eigenvalue weighted by molar-refractivity contribution is 9.10. The molecule has 1 atom stereocenters. The monoisotopic (exact) mass is 415 g/mol. The quantitative estimate of drug-likeness (QED) is 0.678. The number of benzene rings is 2. The van der Waals surface area contributed by atoms with Gasteiger partial charge < -0.3 is 10.1 Å². The maximum atomic E-state index is 12.3. The molecule has 6 heteroatoms. The maximum Gasteiger partial charge on any atom is 0.258 e. The van der Waals surface area contributed by atoms with E-state index in [0.29, 0.717) is 5.75 Å². The molecule has 136 valence electrons. The summed E-state index contributed by atoms with van der Waals surface area (Å²) in [6, 6.07) is 11.7. The minimum Gasteiger partial charge on any atom is -0.484 e. The van der Waals surface area contributed by atoms with Gasteiger partial charge in [0.05, 0.1) is 11.7 Å². The van der Waals surface area contributed by atoms with Crippen LogP contribution in [0.25, 0.3) is 10.8 Å². The van der Waals surface area contributed by atoms with Crippen molar-refractivity contribution in [3.05, 3.63) is 57.8 Å². The van der Waals surface area contributed by atoms with Crippen LogP contribution in [-0.4, -0.2) is 22.3 Å². The molecule has 0 aliphatic heterocycles. The third-order valence-corrected chi connectivity index (χ3v) is 5.01. The molecule has 1 N–H and O–H groups in total. The number of carbonyl (C=O) groups is 1. The lowest BCUT2D eigenvalue weighted by atomic mass is 10.1. The molecular formula is C20H22BrN3O2.